The van der Waals surface area contributed by atoms with Crippen molar-refractivity contribution in [2.24, 2.45) is 0 Å². The van der Waals surface area contributed by atoms with Crippen LogP contribution in [0, 0.1) is 0 Å². The maximum absolute atomic E-state index is 12.0. The average Bonchev–Trinajstić information content (AvgIpc) is 3.12. The summed E-state index contributed by atoms with van der Waals surface area (Å²) in [5, 5.41) is 0. The van der Waals surface area contributed by atoms with Crippen LogP contribution in [-0.4, -0.2) is 25.8 Å². The quantitative estimate of drug-likeness (QED) is 0.773. The number of nitrogens with zero attached hydrogens (tertiary/aromatic N) is 1. The van der Waals surface area contributed by atoms with Crippen LogP contribution in [0.25, 0.3) is 0 Å². The van der Waals surface area contributed by atoms with Gasteiger partial charge in [0.05, 0.1) is 5.75 Å². The average molecular weight is 274 g/mol. The zero-order valence-electron chi connectivity index (χ0n) is 9.77. The maximum atomic E-state index is 12.0. The molecule has 5 heteroatoms. The number of hydrogen-bond acceptors (Lipinski definition) is 2. The molecule has 2 rings (SSSR count). The highest BCUT2D eigenvalue weighted by atomic mass is 35.5. The molecule has 1 aliphatic carbocycles. The highest BCUT2D eigenvalue weighted by Gasteiger charge is 2.33. The van der Waals surface area contributed by atoms with Crippen LogP contribution < -0.4 is 0 Å². The molecule has 1 saturated carbocycles. The van der Waals surface area contributed by atoms with E-state index in [9.17, 15) is 8.42 Å². The topological polar surface area (TPSA) is 37.4 Å². The summed E-state index contributed by atoms with van der Waals surface area (Å²) >= 11 is 5.69. The third-order valence-electron chi connectivity index (χ3n) is 3.03. The van der Waals surface area contributed by atoms with Crippen molar-refractivity contribution >= 4 is 21.6 Å². The normalized spacial score (nSPS) is 16.4. The van der Waals surface area contributed by atoms with Gasteiger partial charge < -0.3 is 0 Å². The summed E-state index contributed by atoms with van der Waals surface area (Å²) in [6, 6.07) is 7.62. The molecule has 1 aromatic carbocycles. The fourth-order valence-electron chi connectivity index (χ4n) is 1.70. The summed E-state index contributed by atoms with van der Waals surface area (Å²) in [6.45, 7) is 0. The van der Waals surface area contributed by atoms with Gasteiger partial charge >= 0.3 is 0 Å². The van der Waals surface area contributed by atoms with Crippen molar-refractivity contribution in [3.8, 4) is 0 Å². The van der Waals surface area contributed by atoms with Gasteiger partial charge in [-0.1, -0.05) is 24.3 Å². The van der Waals surface area contributed by atoms with Crippen LogP contribution in [0.5, 0.6) is 0 Å². The van der Waals surface area contributed by atoms with Crippen LogP contribution in [0.3, 0.4) is 0 Å². The molecule has 0 spiro atoms. The van der Waals surface area contributed by atoms with E-state index in [1.807, 2.05) is 24.3 Å². The molecule has 1 aromatic rings. The summed E-state index contributed by atoms with van der Waals surface area (Å²) in [7, 11) is -1.50. The Balaban J connectivity index is 2.08. The second-order valence-electron chi connectivity index (χ2n) is 4.45. The fraction of sp³-hybridized carbons (Fsp3) is 0.500. The standard InChI is InChI=1S/C12H16ClNO2S/c1-14(12-6-7-12)17(15,16)9-11-4-2-10(8-13)3-5-11/h2-5,12H,6-9H2,1H3. The number of halogens is 1. The van der Waals surface area contributed by atoms with E-state index < -0.39 is 10.0 Å². The Kier molecular flexibility index (Phi) is 3.76. The van der Waals surface area contributed by atoms with E-state index in [-0.39, 0.29) is 11.8 Å². The minimum absolute atomic E-state index is 0.0720. The third kappa shape index (κ3) is 3.21. The fourth-order valence-corrected chi connectivity index (χ4v) is 3.36. The first kappa shape index (κ1) is 12.9. The molecule has 17 heavy (non-hydrogen) atoms. The summed E-state index contributed by atoms with van der Waals surface area (Å²) in [5.41, 5.74) is 1.81. The van der Waals surface area contributed by atoms with Crippen LogP contribution in [0.4, 0.5) is 0 Å². The Morgan fingerprint density at radius 3 is 2.24 bits per heavy atom. The highest BCUT2D eigenvalue weighted by molar-refractivity contribution is 7.88. The van der Waals surface area contributed by atoms with E-state index in [1.165, 1.54) is 4.31 Å². The molecule has 94 valence electrons. The van der Waals surface area contributed by atoms with Crippen molar-refractivity contribution in [2.75, 3.05) is 7.05 Å². The minimum atomic E-state index is -3.17. The van der Waals surface area contributed by atoms with E-state index in [4.69, 9.17) is 11.6 Å². The highest BCUT2D eigenvalue weighted by Crippen LogP contribution is 2.28. The number of rotatable bonds is 5. The molecule has 1 aliphatic rings. The number of hydrogen-bond donors (Lipinski definition) is 0. The van der Waals surface area contributed by atoms with Gasteiger partial charge in [-0.05, 0) is 24.0 Å². The molecule has 0 aliphatic heterocycles. The van der Waals surface area contributed by atoms with Crippen LogP contribution in [0.1, 0.15) is 24.0 Å². The molecule has 3 nitrogen and oxygen atoms in total. The zero-order chi connectivity index (χ0) is 12.5. The minimum Gasteiger partial charge on any atom is -0.212 e. The van der Waals surface area contributed by atoms with Crippen molar-refractivity contribution in [3.63, 3.8) is 0 Å². The predicted octanol–water partition coefficient (Wildman–Crippen LogP) is 2.35. The van der Waals surface area contributed by atoms with Gasteiger partial charge in [-0.3, -0.25) is 0 Å². The first-order valence-electron chi connectivity index (χ1n) is 5.62. The molecular weight excluding hydrogens is 258 g/mol. The smallest absolute Gasteiger partial charge is 0.212 e. The summed E-state index contributed by atoms with van der Waals surface area (Å²) < 4.78 is 25.6. The van der Waals surface area contributed by atoms with E-state index in [2.05, 4.69) is 0 Å². The van der Waals surface area contributed by atoms with Gasteiger partial charge in [0.25, 0.3) is 0 Å². The second kappa shape index (κ2) is 4.96. The molecule has 0 N–H and O–H groups in total. The first-order chi connectivity index (χ1) is 8.03. The Labute approximate surface area is 107 Å². The van der Waals surface area contributed by atoms with Crippen LogP contribution in [-0.2, 0) is 21.7 Å². The maximum Gasteiger partial charge on any atom is 0.218 e. The molecule has 0 aromatic heterocycles. The molecule has 0 atom stereocenters. The number of benzene rings is 1. The molecule has 1 fully saturated rings. The van der Waals surface area contributed by atoms with Crippen LogP contribution in [0.15, 0.2) is 24.3 Å². The summed E-state index contributed by atoms with van der Waals surface area (Å²) in [5.74, 6) is 0.525. The van der Waals surface area contributed by atoms with E-state index in [0.29, 0.717) is 5.88 Å². The van der Waals surface area contributed by atoms with E-state index in [1.54, 1.807) is 7.05 Å². The van der Waals surface area contributed by atoms with Gasteiger partial charge in [0.15, 0.2) is 0 Å². The van der Waals surface area contributed by atoms with E-state index in [0.717, 1.165) is 24.0 Å². The Hall–Kier alpha value is -0.580. The lowest BCUT2D eigenvalue weighted by Gasteiger charge is -2.16. The lowest BCUT2D eigenvalue weighted by molar-refractivity contribution is 0.463. The number of sulfonamides is 1. The first-order valence-corrected chi connectivity index (χ1v) is 7.77. The molecule has 0 saturated heterocycles. The molecular formula is C12H16ClNO2S. The Morgan fingerprint density at radius 1 is 1.24 bits per heavy atom. The monoisotopic (exact) mass is 273 g/mol. The predicted molar refractivity (Wildman–Crippen MR) is 69.4 cm³/mol. The largest absolute Gasteiger partial charge is 0.218 e. The molecule has 0 bridgehead atoms. The molecule has 0 unspecified atom stereocenters. The SMILES string of the molecule is CN(C1CC1)S(=O)(=O)Cc1ccc(CCl)cc1. The second-order valence-corrected chi connectivity index (χ2v) is 6.75. The van der Waals surface area contributed by atoms with Gasteiger partial charge in [0.2, 0.25) is 10.0 Å². The van der Waals surface area contributed by atoms with Crippen molar-refractivity contribution < 1.29 is 8.42 Å². The number of alkyl halides is 1. The van der Waals surface area contributed by atoms with Crippen LogP contribution in [0.2, 0.25) is 0 Å². The lowest BCUT2D eigenvalue weighted by Crippen LogP contribution is -2.30. The summed E-state index contributed by atoms with van der Waals surface area (Å²) in [4.78, 5) is 0. The van der Waals surface area contributed by atoms with Gasteiger partial charge in [0, 0.05) is 19.0 Å². The molecule has 0 radical (unpaired) electrons. The Morgan fingerprint density at radius 2 is 1.76 bits per heavy atom. The van der Waals surface area contributed by atoms with Crippen molar-refractivity contribution in [2.45, 2.75) is 30.5 Å². The molecule has 0 amide bonds. The van der Waals surface area contributed by atoms with Crippen LogP contribution >= 0.6 is 11.6 Å². The van der Waals surface area contributed by atoms with Crippen molar-refractivity contribution in [1.29, 1.82) is 0 Å². The lowest BCUT2D eigenvalue weighted by atomic mass is 10.2. The summed E-state index contributed by atoms with van der Waals surface area (Å²) in [6.07, 6.45) is 1.97. The third-order valence-corrected chi connectivity index (χ3v) is 5.21. The molecule has 0 heterocycles. The van der Waals surface area contributed by atoms with Crippen molar-refractivity contribution in [1.82, 2.24) is 4.31 Å². The van der Waals surface area contributed by atoms with Gasteiger partial charge in [0.1, 0.15) is 0 Å². The van der Waals surface area contributed by atoms with Gasteiger partial charge in [-0.2, -0.15) is 0 Å². The Bertz CT molecular complexity index is 480. The zero-order valence-corrected chi connectivity index (χ0v) is 11.3. The van der Waals surface area contributed by atoms with Crippen molar-refractivity contribution in [3.05, 3.63) is 35.4 Å². The van der Waals surface area contributed by atoms with Gasteiger partial charge in [-0.25, -0.2) is 12.7 Å². The van der Waals surface area contributed by atoms with Gasteiger partial charge in [-0.15, -0.1) is 11.6 Å². The van der Waals surface area contributed by atoms with E-state index >= 15 is 0 Å².